The van der Waals surface area contributed by atoms with Gasteiger partial charge >= 0.3 is 6.18 Å². The van der Waals surface area contributed by atoms with Gasteiger partial charge in [0.2, 0.25) is 5.96 Å². The van der Waals surface area contributed by atoms with Crippen LogP contribution in [0.4, 0.5) is 13.2 Å². The minimum Gasteiger partial charge on any atom is -0.314 e. The summed E-state index contributed by atoms with van der Waals surface area (Å²) in [6, 6.07) is 15.5. The lowest BCUT2D eigenvalue weighted by molar-refractivity contribution is -0.139. The van der Waals surface area contributed by atoms with Crippen molar-refractivity contribution >= 4 is 11.9 Å². The smallest absolute Gasteiger partial charge is 0.314 e. The van der Waals surface area contributed by atoms with Gasteiger partial charge in [-0.3, -0.25) is 19.6 Å². The fourth-order valence-corrected chi connectivity index (χ4v) is 4.70. The number of benzene rings is 2. The molecule has 0 saturated heterocycles. The second-order valence-electron chi connectivity index (χ2n) is 8.25. The van der Waals surface area contributed by atoms with Crippen molar-refractivity contribution in [2.75, 3.05) is 26.2 Å². The third-order valence-corrected chi connectivity index (χ3v) is 6.18. The number of rotatable bonds is 4. The van der Waals surface area contributed by atoms with Crippen molar-refractivity contribution in [2.45, 2.75) is 25.7 Å². The van der Waals surface area contributed by atoms with E-state index in [9.17, 15) is 18.0 Å². The molecule has 2 aromatic carbocycles. The normalized spacial score (nSPS) is 19.2. The minimum atomic E-state index is -4.48. The average Bonchev–Trinajstić information content (AvgIpc) is 3.27. The summed E-state index contributed by atoms with van der Waals surface area (Å²) >= 11 is 0. The molecule has 0 unspecified atom stereocenters. The van der Waals surface area contributed by atoms with Crippen LogP contribution in [0, 0.1) is 0 Å². The Labute approximate surface area is 184 Å². The summed E-state index contributed by atoms with van der Waals surface area (Å²) in [4.78, 5) is 23.6. The average molecular weight is 440 g/mol. The Balaban J connectivity index is 1.43. The molecule has 5 rings (SSSR count). The van der Waals surface area contributed by atoms with Crippen LogP contribution in [0.5, 0.6) is 0 Å². The maximum atomic E-state index is 13.5. The molecule has 0 aliphatic carbocycles. The van der Waals surface area contributed by atoms with E-state index >= 15 is 0 Å². The lowest BCUT2D eigenvalue weighted by atomic mass is 9.99. The zero-order chi connectivity index (χ0) is 22.3. The Morgan fingerprint density at radius 1 is 0.938 bits per heavy atom. The summed E-state index contributed by atoms with van der Waals surface area (Å²) in [5.74, 6) is 0.230. The number of carbonyl (C=O) groups is 1. The van der Waals surface area contributed by atoms with Crippen molar-refractivity contribution in [3.63, 3.8) is 0 Å². The van der Waals surface area contributed by atoms with Crippen LogP contribution in [-0.2, 0) is 24.1 Å². The molecule has 5 nitrogen and oxygen atoms in total. The number of fused-ring (bicyclic) bond motifs is 2. The predicted octanol–water partition coefficient (Wildman–Crippen LogP) is 3.88. The molecule has 166 valence electrons. The van der Waals surface area contributed by atoms with Gasteiger partial charge in [0.25, 0.3) is 5.91 Å². The summed E-state index contributed by atoms with van der Waals surface area (Å²) in [6.45, 7) is 3.05. The molecule has 0 bridgehead atoms. The van der Waals surface area contributed by atoms with E-state index in [2.05, 4.69) is 22.0 Å². The lowest BCUT2D eigenvalue weighted by Crippen LogP contribution is -2.53. The van der Waals surface area contributed by atoms with Gasteiger partial charge in [-0.05, 0) is 17.2 Å². The van der Waals surface area contributed by atoms with E-state index < -0.39 is 11.7 Å². The molecule has 0 radical (unpaired) electrons. The first-order valence-electron chi connectivity index (χ1n) is 10.7. The summed E-state index contributed by atoms with van der Waals surface area (Å²) in [7, 11) is 0. The second kappa shape index (κ2) is 8.09. The molecular formula is C24H23F3N4O. The first kappa shape index (κ1) is 20.8. The molecule has 0 atom stereocenters. The maximum Gasteiger partial charge on any atom is 0.416 e. The molecule has 0 saturated carbocycles. The summed E-state index contributed by atoms with van der Waals surface area (Å²) in [5.41, 5.74) is 2.16. The standard InChI is InChI=1S/C24H23F3N4O/c25-24(26,27)20-9-5-4-8-18(20)15-31-22(32)19-16-29(14-17-6-2-1-3-7-17)12-10-21(19)30-13-11-28-23(30)31/h1-9H,10-16H2. The van der Waals surface area contributed by atoms with E-state index in [1.165, 1.54) is 22.6 Å². The first-order valence-corrected chi connectivity index (χ1v) is 10.7. The highest BCUT2D eigenvalue weighted by molar-refractivity contribution is 6.09. The van der Waals surface area contributed by atoms with Gasteiger partial charge in [0, 0.05) is 38.3 Å². The zero-order valence-corrected chi connectivity index (χ0v) is 17.5. The van der Waals surface area contributed by atoms with Crippen LogP contribution < -0.4 is 0 Å². The highest BCUT2D eigenvalue weighted by Gasteiger charge is 2.42. The molecule has 2 aromatic rings. The number of hydrogen-bond acceptors (Lipinski definition) is 4. The van der Waals surface area contributed by atoms with Crippen molar-refractivity contribution in [1.29, 1.82) is 0 Å². The molecule has 1 amide bonds. The molecule has 8 heteroatoms. The zero-order valence-electron chi connectivity index (χ0n) is 17.5. The Bertz CT molecular complexity index is 1090. The number of nitrogens with zero attached hydrogens (tertiary/aromatic N) is 4. The van der Waals surface area contributed by atoms with Gasteiger partial charge in [0.15, 0.2) is 0 Å². The molecule has 0 N–H and O–H groups in total. The number of halogens is 3. The van der Waals surface area contributed by atoms with E-state index in [1.807, 2.05) is 23.1 Å². The van der Waals surface area contributed by atoms with Gasteiger partial charge < -0.3 is 4.90 Å². The molecule has 32 heavy (non-hydrogen) atoms. The molecule has 3 aliphatic rings. The molecule has 0 fully saturated rings. The van der Waals surface area contributed by atoms with E-state index in [0.29, 0.717) is 31.2 Å². The van der Waals surface area contributed by atoms with Gasteiger partial charge in [-0.1, -0.05) is 48.5 Å². The van der Waals surface area contributed by atoms with Crippen LogP contribution in [0.15, 0.2) is 70.9 Å². The van der Waals surface area contributed by atoms with Gasteiger partial charge in [0.1, 0.15) is 0 Å². The predicted molar refractivity (Wildman–Crippen MR) is 114 cm³/mol. The van der Waals surface area contributed by atoms with Crippen LogP contribution in [0.3, 0.4) is 0 Å². The number of aliphatic imine (C=N–C) groups is 1. The third kappa shape index (κ3) is 3.79. The van der Waals surface area contributed by atoms with Crippen molar-refractivity contribution in [3.8, 4) is 0 Å². The third-order valence-electron chi connectivity index (χ3n) is 6.18. The highest BCUT2D eigenvalue weighted by Crippen LogP contribution is 2.35. The van der Waals surface area contributed by atoms with E-state index in [1.54, 1.807) is 6.07 Å². The van der Waals surface area contributed by atoms with Gasteiger partial charge in [-0.15, -0.1) is 0 Å². The fraction of sp³-hybridized carbons (Fsp3) is 0.333. The van der Waals surface area contributed by atoms with Gasteiger partial charge in [0.05, 0.1) is 24.2 Å². The Kier molecular flexibility index (Phi) is 5.25. The maximum absolute atomic E-state index is 13.5. The molecule has 3 aliphatic heterocycles. The Morgan fingerprint density at radius 3 is 2.47 bits per heavy atom. The summed E-state index contributed by atoms with van der Waals surface area (Å²) < 4.78 is 40.6. The Morgan fingerprint density at radius 2 is 1.69 bits per heavy atom. The topological polar surface area (TPSA) is 39.2 Å². The first-order chi connectivity index (χ1) is 15.4. The van der Waals surface area contributed by atoms with Crippen LogP contribution in [0.25, 0.3) is 0 Å². The Hall–Kier alpha value is -3.13. The molecular weight excluding hydrogens is 417 g/mol. The van der Waals surface area contributed by atoms with E-state index in [0.717, 1.165) is 31.3 Å². The van der Waals surface area contributed by atoms with Crippen molar-refractivity contribution in [1.82, 2.24) is 14.7 Å². The lowest BCUT2D eigenvalue weighted by Gasteiger charge is -2.42. The number of guanidine groups is 1. The van der Waals surface area contributed by atoms with Crippen molar-refractivity contribution < 1.29 is 18.0 Å². The van der Waals surface area contributed by atoms with Gasteiger partial charge in [-0.2, -0.15) is 13.2 Å². The molecule has 0 aromatic heterocycles. The fourth-order valence-electron chi connectivity index (χ4n) is 4.70. The molecule has 3 heterocycles. The van der Waals surface area contributed by atoms with Gasteiger partial charge in [-0.25, -0.2) is 0 Å². The van der Waals surface area contributed by atoms with Crippen LogP contribution in [-0.4, -0.2) is 52.7 Å². The highest BCUT2D eigenvalue weighted by atomic mass is 19.4. The van der Waals surface area contributed by atoms with E-state index in [4.69, 9.17) is 0 Å². The number of hydrogen-bond donors (Lipinski definition) is 0. The molecule has 0 spiro atoms. The summed E-state index contributed by atoms with van der Waals surface area (Å²) in [5, 5.41) is 0. The SMILES string of the molecule is O=C1C2=C(CCN(Cc3ccccc3)C2)N2CCN=C2N1Cc1ccccc1C(F)(F)F. The summed E-state index contributed by atoms with van der Waals surface area (Å²) in [6.07, 6.45) is -3.76. The monoisotopic (exact) mass is 440 g/mol. The van der Waals surface area contributed by atoms with Crippen molar-refractivity contribution in [3.05, 3.63) is 82.6 Å². The minimum absolute atomic E-state index is 0.0731. The number of alkyl halides is 3. The number of amides is 1. The van der Waals surface area contributed by atoms with Crippen LogP contribution in [0.1, 0.15) is 23.1 Å². The quantitative estimate of drug-likeness (QED) is 0.725. The van der Waals surface area contributed by atoms with E-state index in [-0.39, 0.29) is 18.0 Å². The van der Waals surface area contributed by atoms with Crippen molar-refractivity contribution in [2.24, 2.45) is 4.99 Å². The largest absolute Gasteiger partial charge is 0.416 e. The number of carbonyl (C=O) groups excluding carboxylic acids is 1. The van der Waals surface area contributed by atoms with Crippen LogP contribution >= 0.6 is 0 Å². The van der Waals surface area contributed by atoms with Crippen LogP contribution in [0.2, 0.25) is 0 Å². The second-order valence-corrected chi connectivity index (χ2v) is 8.25.